The van der Waals surface area contributed by atoms with Crippen molar-refractivity contribution in [3.63, 3.8) is 0 Å². The molecule has 2 aliphatic heterocycles. The number of nitrogens with zero attached hydrogens (tertiary/aromatic N) is 3. The third-order valence-electron chi connectivity index (χ3n) is 4.31. The lowest BCUT2D eigenvalue weighted by molar-refractivity contribution is 0.134. The molecule has 4 rings (SSSR count). The van der Waals surface area contributed by atoms with Gasteiger partial charge < -0.3 is 9.47 Å². The van der Waals surface area contributed by atoms with Gasteiger partial charge in [0.05, 0.1) is 11.5 Å². The number of ether oxygens (including phenoxy) is 2. The van der Waals surface area contributed by atoms with Gasteiger partial charge in [0, 0.05) is 19.5 Å². The van der Waals surface area contributed by atoms with Crippen molar-refractivity contribution in [1.29, 1.82) is 0 Å². The van der Waals surface area contributed by atoms with E-state index in [1.165, 1.54) is 15.6 Å². The first-order valence-corrected chi connectivity index (χ1v) is 10.1. The van der Waals surface area contributed by atoms with Gasteiger partial charge in [0.1, 0.15) is 17.4 Å². The second kappa shape index (κ2) is 6.30. The molecule has 0 bridgehead atoms. The lowest BCUT2D eigenvalue weighted by Crippen LogP contribution is -2.41. The highest BCUT2D eigenvalue weighted by atomic mass is 32.2. The summed E-state index contributed by atoms with van der Waals surface area (Å²) in [6.07, 6.45) is 2.04. The number of sulfonamides is 1. The second-order valence-corrected chi connectivity index (χ2v) is 8.53. The van der Waals surface area contributed by atoms with Gasteiger partial charge in [-0.05, 0) is 36.6 Å². The summed E-state index contributed by atoms with van der Waals surface area (Å²) < 4.78 is 38.4. The van der Waals surface area contributed by atoms with Crippen LogP contribution in [0.5, 0.6) is 10.9 Å². The van der Waals surface area contributed by atoms with Gasteiger partial charge in [0.15, 0.2) is 0 Å². The molecule has 0 unspecified atom stereocenters. The highest BCUT2D eigenvalue weighted by molar-refractivity contribution is 7.89. The first-order chi connectivity index (χ1) is 11.6. The fraction of sp³-hybridized carbons (Fsp3) is 0.467. The fourth-order valence-corrected chi connectivity index (χ4v) is 5.01. The predicted octanol–water partition coefficient (Wildman–Crippen LogP) is 1.71. The minimum atomic E-state index is -3.47. The summed E-state index contributed by atoms with van der Waals surface area (Å²) in [5.74, 6) is 0.790. The average Bonchev–Trinajstić information content (AvgIpc) is 3.25. The molecule has 1 fully saturated rings. The lowest BCUT2D eigenvalue weighted by Gasteiger charge is -2.30. The van der Waals surface area contributed by atoms with Crippen LogP contribution in [-0.2, 0) is 16.4 Å². The zero-order valence-electron chi connectivity index (χ0n) is 12.9. The molecule has 2 aromatic rings. The molecular weight excluding hydrogens is 350 g/mol. The highest BCUT2D eigenvalue weighted by Crippen LogP contribution is 2.30. The number of piperidine rings is 1. The molecule has 0 N–H and O–H groups in total. The van der Waals surface area contributed by atoms with Crippen LogP contribution in [0, 0.1) is 0 Å². The first kappa shape index (κ1) is 15.8. The van der Waals surface area contributed by atoms with Crippen LogP contribution in [0.15, 0.2) is 28.6 Å². The fourth-order valence-electron chi connectivity index (χ4n) is 3.02. The van der Waals surface area contributed by atoms with Gasteiger partial charge >= 0.3 is 0 Å². The van der Waals surface area contributed by atoms with E-state index in [0.29, 0.717) is 42.6 Å². The number of hydrogen-bond donors (Lipinski definition) is 0. The van der Waals surface area contributed by atoms with Crippen LogP contribution in [0.25, 0.3) is 0 Å². The number of aromatic nitrogens is 2. The summed E-state index contributed by atoms with van der Waals surface area (Å²) in [5.41, 5.74) is 2.58. The second-order valence-electron chi connectivity index (χ2n) is 5.79. The van der Waals surface area contributed by atoms with Gasteiger partial charge in [-0.15, -0.1) is 10.2 Å². The van der Waals surface area contributed by atoms with Gasteiger partial charge in [-0.1, -0.05) is 11.3 Å². The van der Waals surface area contributed by atoms with E-state index in [2.05, 4.69) is 10.2 Å². The lowest BCUT2D eigenvalue weighted by atomic mass is 10.1. The number of benzene rings is 1. The predicted molar refractivity (Wildman–Crippen MR) is 88.0 cm³/mol. The van der Waals surface area contributed by atoms with Gasteiger partial charge in [0.2, 0.25) is 10.0 Å². The molecule has 0 radical (unpaired) electrons. The monoisotopic (exact) mass is 367 g/mol. The Morgan fingerprint density at radius 2 is 2.12 bits per heavy atom. The maximum atomic E-state index is 12.8. The van der Waals surface area contributed by atoms with E-state index >= 15 is 0 Å². The Balaban J connectivity index is 1.44. The Morgan fingerprint density at radius 1 is 1.29 bits per heavy atom. The minimum Gasteiger partial charge on any atom is -0.493 e. The molecule has 128 valence electrons. The third kappa shape index (κ3) is 2.99. The number of rotatable bonds is 4. The molecule has 3 heterocycles. The smallest absolute Gasteiger partial charge is 0.294 e. The molecule has 0 saturated carbocycles. The van der Waals surface area contributed by atoms with Crippen LogP contribution in [0.3, 0.4) is 0 Å². The van der Waals surface area contributed by atoms with Crippen LogP contribution in [0.2, 0.25) is 0 Å². The molecular formula is C15H17N3O4S2. The molecule has 24 heavy (non-hydrogen) atoms. The summed E-state index contributed by atoms with van der Waals surface area (Å²) in [4.78, 5) is 0.343. The van der Waals surface area contributed by atoms with Crippen molar-refractivity contribution < 1.29 is 17.9 Å². The number of hydrogen-bond acceptors (Lipinski definition) is 7. The standard InChI is InChI=1S/C15H17N3O4S2/c19-24(20,13-1-2-14-11(9-13)5-8-21-14)18-6-3-12(4-7-18)22-15-17-16-10-23-15/h1-2,9-10,12H,3-8H2. The molecule has 1 aromatic carbocycles. The minimum absolute atomic E-state index is 0.0159. The quantitative estimate of drug-likeness (QED) is 0.818. The molecule has 0 spiro atoms. The molecule has 0 amide bonds. The molecule has 7 nitrogen and oxygen atoms in total. The van der Waals surface area contributed by atoms with E-state index in [4.69, 9.17) is 9.47 Å². The molecule has 1 saturated heterocycles. The first-order valence-electron chi connectivity index (χ1n) is 7.81. The van der Waals surface area contributed by atoms with Crippen LogP contribution >= 0.6 is 11.3 Å². The molecule has 0 atom stereocenters. The maximum Gasteiger partial charge on any atom is 0.294 e. The topological polar surface area (TPSA) is 81.6 Å². The van der Waals surface area contributed by atoms with Gasteiger partial charge in [-0.3, -0.25) is 0 Å². The molecule has 2 aliphatic rings. The van der Waals surface area contributed by atoms with Crippen molar-refractivity contribution in [3.8, 4) is 10.9 Å². The van der Waals surface area contributed by atoms with Gasteiger partial charge in [-0.25, -0.2) is 8.42 Å². The van der Waals surface area contributed by atoms with Crippen molar-refractivity contribution in [2.75, 3.05) is 19.7 Å². The summed E-state index contributed by atoms with van der Waals surface area (Å²) in [7, 11) is -3.47. The largest absolute Gasteiger partial charge is 0.493 e. The summed E-state index contributed by atoms with van der Waals surface area (Å²) >= 11 is 1.34. The van der Waals surface area contributed by atoms with Crippen molar-refractivity contribution in [1.82, 2.24) is 14.5 Å². The Morgan fingerprint density at radius 3 is 2.88 bits per heavy atom. The normalized spacial score (nSPS) is 19.0. The van der Waals surface area contributed by atoms with Crippen molar-refractivity contribution in [3.05, 3.63) is 29.3 Å². The third-order valence-corrected chi connectivity index (χ3v) is 6.78. The van der Waals surface area contributed by atoms with E-state index in [9.17, 15) is 8.42 Å². The Bertz CT molecular complexity index is 815. The van der Waals surface area contributed by atoms with Crippen LogP contribution < -0.4 is 9.47 Å². The SMILES string of the molecule is O=S(=O)(c1ccc2c(c1)CCO2)N1CCC(Oc2nncs2)CC1. The van der Waals surface area contributed by atoms with Crippen molar-refractivity contribution in [2.24, 2.45) is 0 Å². The summed E-state index contributed by atoms with van der Waals surface area (Å²) in [6.45, 7) is 1.51. The van der Waals surface area contributed by atoms with E-state index in [-0.39, 0.29) is 6.10 Å². The van der Waals surface area contributed by atoms with E-state index in [1.54, 1.807) is 23.7 Å². The molecule has 1 aromatic heterocycles. The highest BCUT2D eigenvalue weighted by Gasteiger charge is 2.31. The van der Waals surface area contributed by atoms with Crippen molar-refractivity contribution in [2.45, 2.75) is 30.3 Å². The number of fused-ring (bicyclic) bond motifs is 1. The van der Waals surface area contributed by atoms with E-state index in [1.807, 2.05) is 0 Å². The Hall–Kier alpha value is -1.71. The van der Waals surface area contributed by atoms with Gasteiger partial charge in [-0.2, -0.15) is 4.31 Å². The zero-order chi connectivity index (χ0) is 16.6. The molecule has 0 aliphatic carbocycles. The van der Waals surface area contributed by atoms with Crippen LogP contribution in [0.1, 0.15) is 18.4 Å². The zero-order valence-corrected chi connectivity index (χ0v) is 14.6. The Kier molecular flexibility index (Phi) is 4.15. The summed E-state index contributed by atoms with van der Waals surface area (Å²) in [5, 5.41) is 8.14. The summed E-state index contributed by atoms with van der Waals surface area (Å²) in [6, 6.07) is 5.12. The van der Waals surface area contributed by atoms with E-state index < -0.39 is 10.0 Å². The van der Waals surface area contributed by atoms with Crippen LogP contribution in [-0.4, -0.2) is 48.7 Å². The average molecular weight is 367 g/mol. The van der Waals surface area contributed by atoms with Crippen LogP contribution in [0.4, 0.5) is 0 Å². The van der Waals surface area contributed by atoms with E-state index in [0.717, 1.165) is 17.7 Å². The molecule has 9 heteroatoms. The Labute approximate surface area is 144 Å². The maximum absolute atomic E-state index is 12.8. The van der Waals surface area contributed by atoms with Gasteiger partial charge in [0.25, 0.3) is 5.19 Å². The van der Waals surface area contributed by atoms with Crippen molar-refractivity contribution >= 4 is 21.4 Å².